The Morgan fingerprint density at radius 1 is 1.45 bits per heavy atom. The SMILES string of the molecule is O=Cc1ccc2obcc2c1. The zero-order valence-corrected chi connectivity index (χ0v) is 5.78. The molecule has 0 saturated carbocycles. The van der Waals surface area contributed by atoms with E-state index in [-0.39, 0.29) is 0 Å². The first-order valence-corrected chi connectivity index (χ1v) is 3.32. The minimum atomic E-state index is 0.680. The monoisotopic (exact) mass is 144 g/mol. The molecule has 0 atom stereocenters. The van der Waals surface area contributed by atoms with Crippen molar-refractivity contribution in [1.82, 2.24) is 0 Å². The quantitative estimate of drug-likeness (QED) is 0.568. The van der Waals surface area contributed by atoms with Gasteiger partial charge in [0.05, 0.1) is 0 Å². The van der Waals surface area contributed by atoms with E-state index in [2.05, 4.69) is 0 Å². The van der Waals surface area contributed by atoms with E-state index in [9.17, 15) is 4.79 Å². The van der Waals surface area contributed by atoms with Crippen molar-refractivity contribution in [2.45, 2.75) is 0 Å². The number of fused-ring (bicyclic) bond motifs is 1. The Morgan fingerprint density at radius 2 is 2.36 bits per heavy atom. The van der Waals surface area contributed by atoms with Crippen molar-refractivity contribution in [3.63, 3.8) is 0 Å². The minimum absolute atomic E-state index is 0.680. The van der Waals surface area contributed by atoms with Crippen molar-refractivity contribution in [1.29, 1.82) is 0 Å². The van der Waals surface area contributed by atoms with Crippen molar-refractivity contribution in [3.05, 3.63) is 29.7 Å². The Morgan fingerprint density at radius 3 is 3.18 bits per heavy atom. The van der Waals surface area contributed by atoms with Gasteiger partial charge in [0.1, 0.15) is 0 Å². The molecule has 3 heteroatoms. The number of carbonyl (C=O) groups excluding carboxylic acids is 1. The molecule has 0 spiro atoms. The summed E-state index contributed by atoms with van der Waals surface area (Å²) < 4.78 is 5.10. The summed E-state index contributed by atoms with van der Waals surface area (Å²) in [6.45, 7) is 0. The zero-order valence-electron chi connectivity index (χ0n) is 5.78. The first-order chi connectivity index (χ1) is 5.40. The van der Waals surface area contributed by atoms with Crippen LogP contribution in [0.15, 0.2) is 28.5 Å². The van der Waals surface area contributed by atoms with Crippen LogP contribution in [0.2, 0.25) is 0 Å². The van der Waals surface area contributed by atoms with Gasteiger partial charge in [-0.3, -0.25) is 0 Å². The maximum absolute atomic E-state index is 10.3. The molecule has 0 bridgehead atoms. The van der Waals surface area contributed by atoms with Gasteiger partial charge in [0, 0.05) is 0 Å². The summed E-state index contributed by atoms with van der Waals surface area (Å²) in [5.74, 6) is 1.84. The number of rotatable bonds is 1. The number of hydrogen-bond donors (Lipinski definition) is 0. The van der Waals surface area contributed by atoms with E-state index in [1.165, 1.54) is 0 Å². The van der Waals surface area contributed by atoms with E-state index in [1.54, 1.807) is 25.3 Å². The average Bonchev–Trinajstić information content (AvgIpc) is 2.50. The van der Waals surface area contributed by atoms with E-state index in [0.717, 1.165) is 17.3 Å². The van der Waals surface area contributed by atoms with Crippen LogP contribution in [0.5, 0.6) is 0 Å². The molecule has 2 rings (SSSR count). The van der Waals surface area contributed by atoms with Crippen molar-refractivity contribution in [2.75, 3.05) is 0 Å². The predicted octanol–water partition coefficient (Wildman–Crippen LogP) is 1.58. The summed E-state index contributed by atoms with van der Waals surface area (Å²) in [4.78, 5) is 10.3. The molecule has 0 saturated heterocycles. The van der Waals surface area contributed by atoms with Crippen LogP contribution in [-0.2, 0) is 0 Å². The molecule has 1 aromatic heterocycles. The average molecular weight is 144 g/mol. The standard InChI is InChI=1S/C8H5BO2/c10-5-6-1-2-8-7(3-6)4-9-11-8/h1-5H. The fraction of sp³-hybridized carbons (Fsp3) is 0. The molecule has 11 heavy (non-hydrogen) atoms. The first-order valence-electron chi connectivity index (χ1n) is 3.32. The van der Waals surface area contributed by atoms with Crippen LogP contribution in [0.1, 0.15) is 10.4 Å². The molecular formula is C8H5BO2. The van der Waals surface area contributed by atoms with Crippen LogP contribution in [0, 0.1) is 0 Å². The molecule has 0 aliphatic carbocycles. The molecule has 0 unspecified atom stereocenters. The Balaban J connectivity index is 2.76. The van der Waals surface area contributed by atoms with Crippen LogP contribution in [0.4, 0.5) is 0 Å². The van der Waals surface area contributed by atoms with Crippen molar-refractivity contribution < 1.29 is 9.13 Å². The Labute approximate surface area is 64.1 Å². The molecule has 1 aromatic carbocycles. The van der Waals surface area contributed by atoms with Gasteiger partial charge in [-0.1, -0.05) is 0 Å². The Hall–Kier alpha value is -1.38. The van der Waals surface area contributed by atoms with Crippen molar-refractivity contribution in [2.24, 2.45) is 0 Å². The molecule has 2 nitrogen and oxygen atoms in total. The van der Waals surface area contributed by atoms with Gasteiger partial charge in [-0.15, -0.1) is 0 Å². The molecule has 52 valence electrons. The van der Waals surface area contributed by atoms with Crippen LogP contribution in [-0.4, -0.2) is 13.4 Å². The third kappa shape index (κ3) is 0.983. The van der Waals surface area contributed by atoms with Gasteiger partial charge in [0.15, 0.2) is 0 Å². The number of benzene rings is 1. The summed E-state index contributed by atoms with van der Waals surface area (Å²) in [6, 6.07) is 5.32. The van der Waals surface area contributed by atoms with Gasteiger partial charge in [0.25, 0.3) is 0 Å². The zero-order chi connectivity index (χ0) is 7.68. The van der Waals surface area contributed by atoms with Gasteiger partial charge in [-0.25, -0.2) is 0 Å². The van der Waals surface area contributed by atoms with E-state index in [4.69, 9.17) is 4.33 Å². The molecule has 0 N–H and O–H groups in total. The number of hydrogen-bond acceptors (Lipinski definition) is 2. The Bertz CT molecular complexity index is 392. The van der Waals surface area contributed by atoms with Crippen LogP contribution in [0.3, 0.4) is 0 Å². The Kier molecular flexibility index (Phi) is 1.35. The third-order valence-corrected chi connectivity index (χ3v) is 1.61. The second-order valence-electron chi connectivity index (χ2n) is 2.34. The molecule has 0 aliphatic heterocycles. The van der Waals surface area contributed by atoms with Gasteiger partial charge >= 0.3 is 63.2 Å². The summed E-state index contributed by atoms with van der Waals surface area (Å²) in [7, 11) is 1.61. The number of aldehydes is 1. The van der Waals surface area contributed by atoms with E-state index in [0.29, 0.717) is 5.56 Å². The topological polar surface area (TPSA) is 30.2 Å². The van der Waals surface area contributed by atoms with E-state index in [1.807, 2.05) is 5.96 Å². The van der Waals surface area contributed by atoms with Crippen LogP contribution < -0.4 is 0 Å². The van der Waals surface area contributed by atoms with Crippen molar-refractivity contribution in [3.8, 4) is 0 Å². The van der Waals surface area contributed by atoms with E-state index >= 15 is 0 Å². The molecule has 0 aliphatic rings. The molecule has 0 amide bonds. The second-order valence-corrected chi connectivity index (χ2v) is 2.34. The molecule has 0 fully saturated rings. The van der Waals surface area contributed by atoms with Crippen LogP contribution in [0.25, 0.3) is 11.0 Å². The summed E-state index contributed by atoms with van der Waals surface area (Å²) in [5.41, 5.74) is 1.49. The summed E-state index contributed by atoms with van der Waals surface area (Å²) in [6.07, 6.45) is 0.826. The fourth-order valence-corrected chi connectivity index (χ4v) is 1.06. The molecule has 2 aromatic rings. The molecule has 1 heterocycles. The summed E-state index contributed by atoms with van der Waals surface area (Å²) >= 11 is 0. The van der Waals surface area contributed by atoms with Crippen LogP contribution >= 0.6 is 0 Å². The third-order valence-electron chi connectivity index (χ3n) is 1.61. The van der Waals surface area contributed by atoms with Gasteiger partial charge in [0.2, 0.25) is 0 Å². The van der Waals surface area contributed by atoms with E-state index < -0.39 is 0 Å². The molecule has 0 radical (unpaired) electrons. The number of carbonyl (C=O) groups is 1. The van der Waals surface area contributed by atoms with Gasteiger partial charge < -0.3 is 0 Å². The van der Waals surface area contributed by atoms with Crippen molar-refractivity contribution >= 4 is 24.4 Å². The molecular weight excluding hydrogens is 139 g/mol. The second kappa shape index (κ2) is 2.34. The fourth-order valence-electron chi connectivity index (χ4n) is 1.06. The predicted molar refractivity (Wildman–Crippen MR) is 42.9 cm³/mol. The normalized spacial score (nSPS) is 9.82. The first kappa shape index (κ1) is 6.34. The maximum atomic E-state index is 10.3. The van der Waals surface area contributed by atoms with Gasteiger partial charge in [-0.05, 0) is 0 Å². The summed E-state index contributed by atoms with van der Waals surface area (Å²) in [5, 5.41) is 0.967. The van der Waals surface area contributed by atoms with Gasteiger partial charge in [-0.2, -0.15) is 0 Å².